The van der Waals surface area contributed by atoms with Crippen molar-refractivity contribution < 1.29 is 24.5 Å². The van der Waals surface area contributed by atoms with Gasteiger partial charge in [-0.05, 0) is 4.90 Å². The highest BCUT2D eigenvalue weighted by atomic mass is 35.5. The van der Waals surface area contributed by atoms with Crippen LogP contribution in [0.25, 0.3) is 11.0 Å². The zero-order valence-corrected chi connectivity index (χ0v) is 8.82. The van der Waals surface area contributed by atoms with Gasteiger partial charge >= 0.3 is 16.9 Å². The van der Waals surface area contributed by atoms with Gasteiger partial charge < -0.3 is 10.3 Å². The maximum absolute atomic E-state index is 11.1. The van der Waals surface area contributed by atoms with Gasteiger partial charge in [-0.2, -0.15) is 0 Å². The Morgan fingerprint density at radius 3 is 2.33 bits per heavy atom. The van der Waals surface area contributed by atoms with Crippen molar-refractivity contribution >= 4 is 34.0 Å². The lowest BCUT2D eigenvalue weighted by Crippen LogP contribution is -2.23. The first kappa shape index (κ1) is 11.8. The Bertz CT molecular complexity index is 695. The molecule has 0 fully saturated rings. The lowest BCUT2D eigenvalue weighted by molar-refractivity contribution is -0.782. The summed E-state index contributed by atoms with van der Waals surface area (Å²) in [5.41, 5.74) is -3.67. The van der Waals surface area contributed by atoms with Crippen molar-refractivity contribution in [3.05, 3.63) is 30.5 Å². The standard InChI is InChI=1S/C6HClN4O7/c7-1-3-2(8-18-11(3)17)5(10(15)16)6(12)4(1)9(13)14/h12H. The van der Waals surface area contributed by atoms with Gasteiger partial charge in [-0.25, -0.2) is 0 Å². The van der Waals surface area contributed by atoms with Crippen molar-refractivity contribution in [2.45, 2.75) is 0 Å². The number of phenols is 1. The van der Waals surface area contributed by atoms with Gasteiger partial charge in [0.2, 0.25) is 0 Å². The molecule has 1 heterocycles. The van der Waals surface area contributed by atoms with Gasteiger partial charge in [0, 0.05) is 0 Å². The Kier molecular flexibility index (Phi) is 2.40. The zero-order valence-electron chi connectivity index (χ0n) is 8.06. The van der Waals surface area contributed by atoms with Crippen LogP contribution in [0.3, 0.4) is 0 Å². The van der Waals surface area contributed by atoms with Crippen LogP contribution < -0.4 is 4.90 Å². The largest absolute Gasteiger partial charge is 0.497 e. The predicted molar refractivity (Wildman–Crippen MR) is 53.0 cm³/mol. The average molecular weight is 277 g/mol. The van der Waals surface area contributed by atoms with Crippen molar-refractivity contribution in [3.63, 3.8) is 0 Å². The summed E-state index contributed by atoms with van der Waals surface area (Å²) in [6.45, 7) is 0. The van der Waals surface area contributed by atoms with E-state index in [1.807, 2.05) is 0 Å². The lowest BCUT2D eigenvalue weighted by atomic mass is 10.2. The minimum Gasteiger partial charge on any atom is -0.497 e. The van der Waals surface area contributed by atoms with Gasteiger partial charge in [0.25, 0.3) is 11.3 Å². The molecular formula is C6HClN4O7. The van der Waals surface area contributed by atoms with E-state index < -0.39 is 43.0 Å². The molecule has 0 saturated heterocycles. The number of hydrogen-bond donors (Lipinski definition) is 1. The zero-order chi connectivity index (χ0) is 13.6. The second-order valence-corrected chi connectivity index (χ2v) is 3.38. The molecule has 2 aromatic rings. The van der Waals surface area contributed by atoms with Crippen LogP contribution in [0.5, 0.6) is 5.75 Å². The number of phenolic OH excluding ortho intramolecular Hbond substituents is 1. The molecule has 0 unspecified atom stereocenters. The third kappa shape index (κ3) is 1.37. The topological polar surface area (TPSA) is 159 Å². The summed E-state index contributed by atoms with van der Waals surface area (Å²) in [6, 6.07) is 0. The molecule has 94 valence electrons. The second-order valence-electron chi connectivity index (χ2n) is 3.00. The summed E-state index contributed by atoms with van der Waals surface area (Å²) in [4.78, 5) is 18.8. The smallest absolute Gasteiger partial charge is 0.375 e. The number of hydrogen-bond acceptors (Lipinski definition) is 8. The van der Waals surface area contributed by atoms with Gasteiger partial charge in [0.15, 0.2) is 5.02 Å². The Morgan fingerprint density at radius 1 is 1.28 bits per heavy atom. The first-order chi connectivity index (χ1) is 8.36. The van der Waals surface area contributed by atoms with E-state index in [0.717, 1.165) is 0 Å². The number of nitro benzene ring substituents is 2. The average Bonchev–Trinajstić information content (AvgIpc) is 2.59. The predicted octanol–water partition coefficient (Wildman–Crippen LogP) is 0.637. The highest BCUT2D eigenvalue weighted by molar-refractivity contribution is 6.37. The number of aromatic hydroxyl groups is 1. The molecule has 11 nitrogen and oxygen atoms in total. The van der Waals surface area contributed by atoms with E-state index in [9.17, 15) is 30.5 Å². The molecule has 0 aliphatic heterocycles. The Labute approximate surface area is 101 Å². The number of nitro groups is 2. The van der Waals surface area contributed by atoms with E-state index in [4.69, 9.17) is 11.6 Å². The number of benzene rings is 1. The Hall–Kier alpha value is -2.69. The highest BCUT2D eigenvalue weighted by Crippen LogP contribution is 2.45. The maximum Gasteiger partial charge on any atom is 0.375 e. The molecule has 12 heteroatoms. The van der Waals surface area contributed by atoms with Crippen LogP contribution in [0.15, 0.2) is 4.63 Å². The van der Waals surface area contributed by atoms with E-state index in [1.54, 1.807) is 0 Å². The van der Waals surface area contributed by atoms with Crippen LogP contribution in [-0.4, -0.2) is 20.1 Å². The van der Waals surface area contributed by atoms with Crippen molar-refractivity contribution in [1.29, 1.82) is 0 Å². The SMILES string of the molecule is O=[N+]([O-])c1c(O)c([N+](=O)[O-])c2no[n+]([O-])c2c1Cl. The van der Waals surface area contributed by atoms with Crippen LogP contribution >= 0.6 is 11.6 Å². The van der Waals surface area contributed by atoms with Gasteiger partial charge in [-0.3, -0.25) is 24.9 Å². The lowest BCUT2D eigenvalue weighted by Gasteiger charge is -1.98. The summed E-state index contributed by atoms with van der Waals surface area (Å²) >= 11 is 5.52. The number of nitrogens with zero attached hydrogens (tertiary/aromatic N) is 4. The number of rotatable bonds is 2. The van der Waals surface area contributed by atoms with E-state index >= 15 is 0 Å². The highest BCUT2D eigenvalue weighted by Gasteiger charge is 2.40. The van der Waals surface area contributed by atoms with Gasteiger partial charge in [0.05, 0.1) is 15.0 Å². The number of halogens is 1. The minimum absolute atomic E-state index is 0.322. The normalized spacial score (nSPS) is 10.7. The third-order valence-electron chi connectivity index (χ3n) is 2.07. The summed E-state index contributed by atoms with van der Waals surface area (Å²) in [7, 11) is 0. The van der Waals surface area contributed by atoms with Gasteiger partial charge in [0.1, 0.15) is 0 Å². The molecule has 18 heavy (non-hydrogen) atoms. The quantitative estimate of drug-likeness (QED) is 0.475. The summed E-state index contributed by atoms with van der Waals surface area (Å²) < 4.78 is 4.06. The third-order valence-corrected chi connectivity index (χ3v) is 2.43. The van der Waals surface area contributed by atoms with Crippen LogP contribution in [0.1, 0.15) is 0 Å². The fourth-order valence-corrected chi connectivity index (χ4v) is 1.68. The molecule has 2 rings (SSSR count). The second kappa shape index (κ2) is 3.66. The molecule has 0 spiro atoms. The van der Waals surface area contributed by atoms with Crippen LogP contribution in [0.4, 0.5) is 11.4 Å². The monoisotopic (exact) mass is 276 g/mol. The van der Waals surface area contributed by atoms with E-state index in [1.165, 1.54) is 0 Å². The molecule has 0 aliphatic carbocycles. The molecule has 0 saturated carbocycles. The molecule has 0 bridgehead atoms. The maximum atomic E-state index is 11.1. The number of fused-ring (bicyclic) bond motifs is 1. The first-order valence-electron chi connectivity index (χ1n) is 4.09. The molecular weight excluding hydrogens is 276 g/mol. The minimum atomic E-state index is -1.30. The van der Waals surface area contributed by atoms with Crippen LogP contribution in [0, 0.1) is 25.4 Å². The van der Waals surface area contributed by atoms with Crippen LogP contribution in [-0.2, 0) is 0 Å². The molecule has 1 N–H and O–H groups in total. The van der Waals surface area contributed by atoms with Crippen LogP contribution in [0.2, 0.25) is 5.02 Å². The first-order valence-corrected chi connectivity index (χ1v) is 4.46. The summed E-state index contributed by atoms with van der Waals surface area (Å²) in [5, 5.41) is 44.2. The molecule has 0 amide bonds. The van der Waals surface area contributed by atoms with Crippen molar-refractivity contribution in [1.82, 2.24) is 5.16 Å². The number of aromatic nitrogens is 2. The molecule has 0 radical (unpaired) electrons. The Morgan fingerprint density at radius 2 is 1.83 bits per heavy atom. The van der Waals surface area contributed by atoms with E-state index in [-0.39, 0.29) is 4.90 Å². The Balaban J connectivity index is 3.08. The molecule has 1 aromatic heterocycles. The van der Waals surface area contributed by atoms with Gasteiger partial charge in [-0.15, -0.1) is 0 Å². The van der Waals surface area contributed by atoms with E-state index in [0.29, 0.717) is 0 Å². The van der Waals surface area contributed by atoms with E-state index in [2.05, 4.69) is 9.79 Å². The van der Waals surface area contributed by atoms with Gasteiger partial charge in [-0.1, -0.05) is 11.6 Å². The van der Waals surface area contributed by atoms with Crippen molar-refractivity contribution in [2.24, 2.45) is 0 Å². The fourth-order valence-electron chi connectivity index (χ4n) is 1.37. The summed E-state index contributed by atoms with van der Waals surface area (Å²) in [5.74, 6) is -1.30. The fraction of sp³-hybridized carbons (Fsp3) is 0. The van der Waals surface area contributed by atoms with Crippen molar-refractivity contribution in [2.75, 3.05) is 0 Å². The molecule has 0 atom stereocenters. The molecule has 0 aliphatic rings. The summed E-state index contributed by atoms with van der Waals surface area (Å²) in [6.07, 6.45) is 0. The van der Waals surface area contributed by atoms with Crippen molar-refractivity contribution in [3.8, 4) is 5.75 Å². The molecule has 1 aromatic carbocycles.